The molecule has 9 heteroatoms. The minimum Gasteiger partial charge on any atom is -0.373 e. The van der Waals surface area contributed by atoms with Gasteiger partial charge in [0.15, 0.2) is 0 Å². The maximum absolute atomic E-state index is 14.4. The molecule has 2 aliphatic heterocycles. The second kappa shape index (κ2) is 7.27. The van der Waals surface area contributed by atoms with Gasteiger partial charge in [0, 0.05) is 12.1 Å². The van der Waals surface area contributed by atoms with Gasteiger partial charge in [-0.2, -0.15) is 5.10 Å². The largest absolute Gasteiger partial charge is 0.373 e. The van der Waals surface area contributed by atoms with Gasteiger partial charge in [0.1, 0.15) is 17.2 Å². The zero-order chi connectivity index (χ0) is 20.0. The van der Waals surface area contributed by atoms with E-state index in [4.69, 9.17) is 16.3 Å². The Balaban J connectivity index is 1.44. The fraction of sp³-hybridized carbons (Fsp3) is 0.350. The third-order valence-corrected chi connectivity index (χ3v) is 5.78. The molecular formula is C20H19ClFN5O2. The number of para-hydroxylation sites is 1. The van der Waals surface area contributed by atoms with Gasteiger partial charge in [-0.15, -0.1) is 0 Å². The van der Waals surface area contributed by atoms with Gasteiger partial charge in [0.05, 0.1) is 48.2 Å². The molecule has 2 aliphatic rings. The molecule has 4 heterocycles. The van der Waals surface area contributed by atoms with E-state index in [2.05, 4.69) is 15.4 Å². The molecule has 1 atom stereocenters. The highest BCUT2D eigenvalue weighted by Gasteiger charge is 2.30. The van der Waals surface area contributed by atoms with Gasteiger partial charge in [-0.05, 0) is 31.4 Å². The molecule has 0 bridgehead atoms. The predicted octanol–water partition coefficient (Wildman–Crippen LogP) is 3.20. The van der Waals surface area contributed by atoms with E-state index in [1.54, 1.807) is 24.7 Å². The first-order valence-electron chi connectivity index (χ1n) is 9.57. The molecule has 0 saturated carbocycles. The van der Waals surface area contributed by atoms with Gasteiger partial charge in [0.2, 0.25) is 0 Å². The van der Waals surface area contributed by atoms with Crippen molar-refractivity contribution in [2.24, 2.45) is 0 Å². The summed E-state index contributed by atoms with van der Waals surface area (Å²) < 4.78 is 23.5. The van der Waals surface area contributed by atoms with Crippen LogP contribution in [-0.4, -0.2) is 31.8 Å². The predicted molar refractivity (Wildman–Crippen MR) is 104 cm³/mol. The van der Waals surface area contributed by atoms with Crippen molar-refractivity contribution in [2.45, 2.75) is 38.5 Å². The molecule has 1 N–H and O–H groups in total. The van der Waals surface area contributed by atoms with Crippen molar-refractivity contribution in [1.29, 1.82) is 0 Å². The zero-order valence-corrected chi connectivity index (χ0v) is 16.3. The molecule has 1 amide bonds. The minimum atomic E-state index is -0.473. The molecule has 0 spiro atoms. The second-order valence-electron chi connectivity index (χ2n) is 7.26. The number of nitrogens with one attached hydrogen (secondary N) is 1. The summed E-state index contributed by atoms with van der Waals surface area (Å²) in [5, 5.41) is 7.58. The molecule has 5 rings (SSSR count). The van der Waals surface area contributed by atoms with Crippen LogP contribution in [0.3, 0.4) is 0 Å². The number of amides is 1. The molecule has 0 radical (unpaired) electrons. The van der Waals surface area contributed by atoms with Crippen LogP contribution in [-0.2, 0) is 24.3 Å². The van der Waals surface area contributed by atoms with E-state index in [1.165, 1.54) is 10.7 Å². The molecule has 3 aromatic rings. The first-order valence-corrected chi connectivity index (χ1v) is 9.95. The average Bonchev–Trinajstić information content (AvgIpc) is 3.33. The van der Waals surface area contributed by atoms with Crippen LogP contribution in [0.15, 0.2) is 30.7 Å². The van der Waals surface area contributed by atoms with Gasteiger partial charge in [0.25, 0.3) is 5.91 Å². The summed E-state index contributed by atoms with van der Waals surface area (Å²) in [6.45, 7) is 1.46. The number of imidazole rings is 1. The van der Waals surface area contributed by atoms with Gasteiger partial charge in [-0.3, -0.25) is 4.79 Å². The Bertz CT molecular complexity index is 1070. The Morgan fingerprint density at radius 1 is 1.31 bits per heavy atom. The lowest BCUT2D eigenvalue weighted by atomic mass is 10.0. The van der Waals surface area contributed by atoms with Gasteiger partial charge in [-0.25, -0.2) is 14.1 Å². The second-order valence-corrected chi connectivity index (χ2v) is 7.67. The Labute approximate surface area is 171 Å². The lowest BCUT2D eigenvalue weighted by Crippen LogP contribution is -2.35. The van der Waals surface area contributed by atoms with Crippen LogP contribution in [0.5, 0.6) is 0 Å². The number of aryl methyl sites for hydroxylation is 1. The summed E-state index contributed by atoms with van der Waals surface area (Å²) in [6.07, 6.45) is 6.36. The zero-order valence-electron chi connectivity index (χ0n) is 15.6. The van der Waals surface area contributed by atoms with E-state index in [1.807, 2.05) is 4.57 Å². The lowest BCUT2D eigenvalue weighted by Gasteiger charge is -2.25. The fourth-order valence-corrected chi connectivity index (χ4v) is 4.28. The molecule has 2 aromatic heterocycles. The van der Waals surface area contributed by atoms with E-state index >= 15 is 0 Å². The SMILES string of the molecule is O=C(NC1COCc2c1cnn2-c1c(F)cccc1Cl)c1ncn2c1CCCC2. The van der Waals surface area contributed by atoms with Crippen LogP contribution in [0, 0.1) is 5.82 Å². The number of benzene rings is 1. The van der Waals surface area contributed by atoms with E-state index in [9.17, 15) is 9.18 Å². The van der Waals surface area contributed by atoms with Crippen molar-refractivity contribution >= 4 is 17.5 Å². The summed E-state index contributed by atoms with van der Waals surface area (Å²) in [5.74, 6) is -0.710. The first kappa shape index (κ1) is 18.3. The highest BCUT2D eigenvalue weighted by atomic mass is 35.5. The van der Waals surface area contributed by atoms with Crippen molar-refractivity contribution < 1.29 is 13.9 Å². The Morgan fingerprint density at radius 3 is 3.07 bits per heavy atom. The van der Waals surface area contributed by atoms with Crippen LogP contribution in [0.2, 0.25) is 5.02 Å². The Kier molecular flexibility index (Phi) is 4.60. The molecule has 1 unspecified atom stereocenters. The number of hydrogen-bond donors (Lipinski definition) is 1. The Hall–Kier alpha value is -2.71. The van der Waals surface area contributed by atoms with Gasteiger partial charge >= 0.3 is 0 Å². The standard InChI is InChI=1S/C20H19ClFN5O2/c21-13-4-3-5-14(22)19(13)27-17-10-29-9-15(12(17)8-24-27)25-20(28)18-16-6-1-2-7-26(16)11-23-18/h3-5,8,11,15H,1-2,6-7,9-10H2,(H,25,28). The molecule has 7 nitrogen and oxygen atoms in total. The molecule has 0 saturated heterocycles. The van der Waals surface area contributed by atoms with E-state index < -0.39 is 11.9 Å². The van der Waals surface area contributed by atoms with Crippen molar-refractivity contribution in [2.75, 3.05) is 6.61 Å². The summed E-state index contributed by atoms with van der Waals surface area (Å²) in [7, 11) is 0. The number of ether oxygens (including phenoxy) is 1. The van der Waals surface area contributed by atoms with Crippen molar-refractivity contribution in [3.8, 4) is 5.69 Å². The number of carbonyl (C=O) groups excluding carboxylic acids is 1. The molecule has 0 fully saturated rings. The smallest absolute Gasteiger partial charge is 0.272 e. The maximum Gasteiger partial charge on any atom is 0.272 e. The number of aromatic nitrogens is 4. The number of fused-ring (bicyclic) bond motifs is 2. The van der Waals surface area contributed by atoms with Crippen LogP contribution >= 0.6 is 11.6 Å². The number of carbonyl (C=O) groups is 1. The number of rotatable bonds is 3. The third kappa shape index (κ3) is 3.12. The molecule has 1 aromatic carbocycles. The summed E-state index contributed by atoms with van der Waals surface area (Å²) >= 11 is 6.20. The topological polar surface area (TPSA) is 74.0 Å². The highest BCUT2D eigenvalue weighted by Crippen LogP contribution is 2.31. The van der Waals surface area contributed by atoms with Crippen molar-refractivity contribution in [3.05, 3.63) is 64.2 Å². The molecule has 29 heavy (non-hydrogen) atoms. The van der Waals surface area contributed by atoms with Crippen LogP contribution in [0.25, 0.3) is 5.69 Å². The van der Waals surface area contributed by atoms with Gasteiger partial charge in [-0.1, -0.05) is 17.7 Å². The third-order valence-electron chi connectivity index (χ3n) is 5.48. The van der Waals surface area contributed by atoms with Crippen molar-refractivity contribution in [1.82, 2.24) is 24.6 Å². The quantitative estimate of drug-likeness (QED) is 0.713. The molecular weight excluding hydrogens is 397 g/mol. The summed E-state index contributed by atoms with van der Waals surface area (Å²) in [6, 6.07) is 4.09. The fourth-order valence-electron chi connectivity index (χ4n) is 4.04. The molecule has 150 valence electrons. The first-order chi connectivity index (χ1) is 14.1. The van der Waals surface area contributed by atoms with E-state index in [0.717, 1.165) is 37.1 Å². The highest BCUT2D eigenvalue weighted by molar-refractivity contribution is 6.32. The lowest BCUT2D eigenvalue weighted by molar-refractivity contribution is 0.0683. The van der Waals surface area contributed by atoms with E-state index in [-0.39, 0.29) is 23.2 Å². The van der Waals surface area contributed by atoms with Crippen LogP contribution in [0.4, 0.5) is 4.39 Å². The minimum absolute atomic E-state index is 0.175. The van der Waals surface area contributed by atoms with Crippen LogP contribution < -0.4 is 5.32 Å². The number of hydrogen-bond acceptors (Lipinski definition) is 4. The molecule has 0 aliphatic carbocycles. The van der Waals surface area contributed by atoms with Crippen molar-refractivity contribution in [3.63, 3.8) is 0 Å². The maximum atomic E-state index is 14.4. The Morgan fingerprint density at radius 2 is 2.21 bits per heavy atom. The van der Waals surface area contributed by atoms with Gasteiger partial charge < -0.3 is 14.6 Å². The summed E-state index contributed by atoms with van der Waals surface area (Å²) in [5.41, 5.74) is 3.06. The number of halogens is 2. The average molecular weight is 416 g/mol. The van der Waals surface area contributed by atoms with Crippen LogP contribution in [0.1, 0.15) is 46.3 Å². The number of nitrogens with zero attached hydrogens (tertiary/aromatic N) is 4. The monoisotopic (exact) mass is 415 g/mol. The van der Waals surface area contributed by atoms with E-state index in [0.29, 0.717) is 18.0 Å². The summed E-state index contributed by atoms with van der Waals surface area (Å²) in [4.78, 5) is 17.2. The normalized spacial score (nSPS) is 18.2.